The fraction of sp³-hybridized carbons (Fsp3) is 0. The SMILES string of the molecule is O=C(NNc1ncnc2c1cnn2-c1ccc(Cl)cc1)c1ccncc1. The van der Waals surface area contributed by atoms with Crippen LogP contribution >= 0.6 is 11.6 Å². The third kappa shape index (κ3) is 3.05. The molecule has 4 aromatic rings. The highest BCUT2D eigenvalue weighted by atomic mass is 35.5. The molecule has 1 amide bonds. The van der Waals surface area contributed by atoms with Crippen molar-refractivity contribution in [3.8, 4) is 5.69 Å². The highest BCUT2D eigenvalue weighted by Crippen LogP contribution is 2.22. The number of hydrogen-bond acceptors (Lipinski definition) is 6. The summed E-state index contributed by atoms with van der Waals surface area (Å²) in [6, 6.07) is 10.5. The molecule has 0 aliphatic carbocycles. The van der Waals surface area contributed by atoms with Gasteiger partial charge < -0.3 is 0 Å². The number of anilines is 1. The van der Waals surface area contributed by atoms with Crippen molar-refractivity contribution in [3.05, 3.63) is 71.9 Å². The fourth-order valence-electron chi connectivity index (χ4n) is 2.41. The zero-order valence-corrected chi connectivity index (χ0v) is 14.1. The molecule has 0 bridgehead atoms. The van der Waals surface area contributed by atoms with Crippen LogP contribution in [0.2, 0.25) is 5.02 Å². The molecule has 3 heterocycles. The van der Waals surface area contributed by atoms with Gasteiger partial charge in [0.25, 0.3) is 5.91 Å². The number of nitrogens with zero attached hydrogens (tertiary/aromatic N) is 5. The van der Waals surface area contributed by atoms with E-state index in [2.05, 4.69) is 30.9 Å². The first-order valence-corrected chi connectivity index (χ1v) is 8.01. The Labute approximate surface area is 152 Å². The molecular weight excluding hydrogens is 354 g/mol. The number of rotatable bonds is 4. The largest absolute Gasteiger partial charge is 0.281 e. The topological polar surface area (TPSA) is 97.6 Å². The molecule has 0 saturated heterocycles. The number of nitrogens with one attached hydrogen (secondary N) is 2. The zero-order chi connectivity index (χ0) is 17.9. The van der Waals surface area contributed by atoms with Crippen LogP contribution in [0.15, 0.2) is 61.3 Å². The molecule has 9 heteroatoms. The van der Waals surface area contributed by atoms with Gasteiger partial charge in [0, 0.05) is 23.0 Å². The summed E-state index contributed by atoms with van der Waals surface area (Å²) in [7, 11) is 0. The second-order valence-corrected chi connectivity index (χ2v) is 5.74. The van der Waals surface area contributed by atoms with Gasteiger partial charge in [0.1, 0.15) is 6.33 Å². The third-order valence-corrected chi connectivity index (χ3v) is 3.93. The molecule has 0 aliphatic rings. The first kappa shape index (κ1) is 16.0. The Morgan fingerprint density at radius 1 is 1.04 bits per heavy atom. The molecular formula is C17H12ClN7O. The van der Waals surface area contributed by atoms with Crippen LogP contribution in [0.1, 0.15) is 10.4 Å². The standard InChI is InChI=1S/C17H12ClN7O/c18-12-1-3-13(4-2-12)25-16-14(9-22-25)15(20-10-21-16)23-24-17(26)11-5-7-19-8-6-11/h1-10H,(H,24,26)(H,20,21,23). The molecule has 0 spiro atoms. The predicted molar refractivity (Wildman–Crippen MR) is 97.0 cm³/mol. The Bertz CT molecular complexity index is 1060. The van der Waals surface area contributed by atoms with E-state index in [0.717, 1.165) is 5.69 Å². The van der Waals surface area contributed by atoms with Crippen molar-refractivity contribution in [1.29, 1.82) is 0 Å². The van der Waals surface area contributed by atoms with Crippen LogP contribution in [0.3, 0.4) is 0 Å². The lowest BCUT2D eigenvalue weighted by Gasteiger charge is -2.08. The van der Waals surface area contributed by atoms with Crippen LogP contribution in [0.4, 0.5) is 5.82 Å². The molecule has 0 unspecified atom stereocenters. The molecule has 0 aliphatic heterocycles. The number of aromatic nitrogens is 5. The van der Waals surface area contributed by atoms with Gasteiger partial charge >= 0.3 is 0 Å². The van der Waals surface area contributed by atoms with Crippen LogP contribution in [-0.4, -0.2) is 30.6 Å². The Balaban J connectivity index is 1.61. The summed E-state index contributed by atoms with van der Waals surface area (Å²) in [6.45, 7) is 0. The van der Waals surface area contributed by atoms with Crippen LogP contribution in [-0.2, 0) is 0 Å². The Morgan fingerprint density at radius 3 is 2.58 bits per heavy atom. The van der Waals surface area contributed by atoms with Gasteiger partial charge in [0.2, 0.25) is 0 Å². The van der Waals surface area contributed by atoms with Crippen LogP contribution in [0.25, 0.3) is 16.7 Å². The van der Waals surface area contributed by atoms with E-state index >= 15 is 0 Å². The van der Waals surface area contributed by atoms with Crippen LogP contribution in [0.5, 0.6) is 0 Å². The molecule has 3 aromatic heterocycles. The number of halogens is 1. The molecule has 2 N–H and O–H groups in total. The second kappa shape index (κ2) is 6.77. The number of hydrogen-bond donors (Lipinski definition) is 2. The first-order chi connectivity index (χ1) is 12.7. The lowest BCUT2D eigenvalue weighted by atomic mass is 10.3. The van der Waals surface area contributed by atoms with E-state index in [1.165, 1.54) is 6.33 Å². The van der Waals surface area contributed by atoms with Crippen molar-refractivity contribution >= 4 is 34.4 Å². The molecule has 0 saturated carbocycles. The number of fused-ring (bicyclic) bond motifs is 1. The molecule has 26 heavy (non-hydrogen) atoms. The Kier molecular flexibility index (Phi) is 4.16. The van der Waals surface area contributed by atoms with Gasteiger partial charge in [-0.05, 0) is 36.4 Å². The maximum Gasteiger partial charge on any atom is 0.269 e. The van der Waals surface area contributed by atoms with Gasteiger partial charge in [0.05, 0.1) is 17.3 Å². The third-order valence-electron chi connectivity index (χ3n) is 3.67. The highest BCUT2D eigenvalue weighted by molar-refractivity contribution is 6.30. The molecule has 0 atom stereocenters. The van der Waals surface area contributed by atoms with Crippen molar-refractivity contribution < 1.29 is 4.79 Å². The molecule has 128 valence electrons. The van der Waals surface area contributed by atoms with Gasteiger partial charge in [-0.3, -0.25) is 20.6 Å². The number of pyridine rings is 1. The minimum Gasteiger partial charge on any atom is -0.281 e. The van der Waals surface area contributed by atoms with Gasteiger partial charge in [-0.15, -0.1) is 0 Å². The predicted octanol–water partition coefficient (Wildman–Crippen LogP) is 2.62. The monoisotopic (exact) mass is 365 g/mol. The number of hydrazine groups is 1. The van der Waals surface area contributed by atoms with E-state index in [1.54, 1.807) is 47.5 Å². The first-order valence-electron chi connectivity index (χ1n) is 7.63. The van der Waals surface area contributed by atoms with Crippen molar-refractivity contribution in [3.63, 3.8) is 0 Å². The number of carbonyl (C=O) groups excluding carboxylic acids is 1. The summed E-state index contributed by atoms with van der Waals surface area (Å²) >= 11 is 5.93. The van der Waals surface area contributed by atoms with E-state index in [1.807, 2.05) is 12.1 Å². The zero-order valence-electron chi connectivity index (χ0n) is 13.3. The molecule has 4 rings (SSSR count). The van der Waals surface area contributed by atoms with Gasteiger partial charge in [0.15, 0.2) is 11.5 Å². The van der Waals surface area contributed by atoms with Gasteiger partial charge in [-0.2, -0.15) is 5.10 Å². The smallest absolute Gasteiger partial charge is 0.269 e. The minimum atomic E-state index is -0.302. The van der Waals surface area contributed by atoms with Crippen molar-refractivity contribution in [2.45, 2.75) is 0 Å². The lowest BCUT2D eigenvalue weighted by molar-refractivity contribution is 0.0962. The minimum absolute atomic E-state index is 0.302. The van der Waals surface area contributed by atoms with E-state index in [4.69, 9.17) is 11.6 Å². The summed E-state index contributed by atoms with van der Waals surface area (Å²) in [6.07, 6.45) is 6.13. The summed E-state index contributed by atoms with van der Waals surface area (Å²) in [5.41, 5.74) is 7.31. The van der Waals surface area contributed by atoms with Crippen LogP contribution < -0.4 is 10.9 Å². The Hall–Kier alpha value is -3.52. The van der Waals surface area contributed by atoms with E-state index < -0.39 is 0 Å². The van der Waals surface area contributed by atoms with E-state index in [-0.39, 0.29) is 5.91 Å². The van der Waals surface area contributed by atoms with Crippen LogP contribution in [0, 0.1) is 0 Å². The fourth-order valence-corrected chi connectivity index (χ4v) is 2.53. The average molecular weight is 366 g/mol. The number of amides is 1. The second-order valence-electron chi connectivity index (χ2n) is 5.31. The molecule has 1 aromatic carbocycles. The van der Waals surface area contributed by atoms with Crippen molar-refractivity contribution in [2.75, 3.05) is 5.43 Å². The summed E-state index contributed by atoms with van der Waals surface area (Å²) < 4.78 is 1.67. The average Bonchev–Trinajstić information content (AvgIpc) is 3.12. The molecule has 8 nitrogen and oxygen atoms in total. The van der Waals surface area contributed by atoms with E-state index in [0.29, 0.717) is 27.4 Å². The maximum atomic E-state index is 12.1. The highest BCUT2D eigenvalue weighted by Gasteiger charge is 2.12. The quantitative estimate of drug-likeness (QED) is 0.539. The molecule has 0 fully saturated rings. The summed E-state index contributed by atoms with van der Waals surface area (Å²) in [4.78, 5) is 24.5. The number of carbonyl (C=O) groups is 1. The number of benzene rings is 1. The lowest BCUT2D eigenvalue weighted by Crippen LogP contribution is -2.29. The normalized spacial score (nSPS) is 10.7. The summed E-state index contributed by atoms with van der Waals surface area (Å²) in [5.74, 6) is 0.141. The van der Waals surface area contributed by atoms with Gasteiger partial charge in [-0.25, -0.2) is 14.6 Å². The van der Waals surface area contributed by atoms with Crippen molar-refractivity contribution in [2.24, 2.45) is 0 Å². The maximum absolute atomic E-state index is 12.1. The van der Waals surface area contributed by atoms with E-state index in [9.17, 15) is 4.79 Å². The van der Waals surface area contributed by atoms with Crippen molar-refractivity contribution in [1.82, 2.24) is 30.2 Å². The molecule has 0 radical (unpaired) electrons. The van der Waals surface area contributed by atoms with Gasteiger partial charge in [-0.1, -0.05) is 11.6 Å². The Morgan fingerprint density at radius 2 is 1.81 bits per heavy atom. The summed E-state index contributed by atoms with van der Waals surface area (Å²) in [5, 5.41) is 5.66.